The van der Waals surface area contributed by atoms with Crippen LogP contribution in [0.5, 0.6) is 11.5 Å². The van der Waals surface area contributed by atoms with Gasteiger partial charge in [0.2, 0.25) is 5.13 Å². The summed E-state index contributed by atoms with van der Waals surface area (Å²) < 4.78 is 12.3. The summed E-state index contributed by atoms with van der Waals surface area (Å²) in [6.07, 6.45) is 1.72. The van der Waals surface area contributed by atoms with E-state index in [9.17, 15) is 0 Å². The molecule has 0 amide bonds. The predicted molar refractivity (Wildman–Crippen MR) is 115 cm³/mol. The Labute approximate surface area is 171 Å². The van der Waals surface area contributed by atoms with Crippen molar-refractivity contribution in [2.75, 3.05) is 18.6 Å². The molecule has 1 N–H and O–H groups in total. The van der Waals surface area contributed by atoms with Crippen molar-refractivity contribution in [2.45, 2.75) is 13.8 Å². The first-order chi connectivity index (χ1) is 13.2. The third kappa shape index (κ3) is 5.30. The largest absolute Gasteiger partial charge is 0.494 e. The minimum atomic E-state index is 0.576. The van der Waals surface area contributed by atoms with E-state index in [-0.39, 0.29) is 0 Å². The summed E-state index contributed by atoms with van der Waals surface area (Å²) in [5.74, 6) is 1.52. The first-order valence-electron chi connectivity index (χ1n) is 8.59. The van der Waals surface area contributed by atoms with Crippen LogP contribution < -0.4 is 14.9 Å². The summed E-state index contributed by atoms with van der Waals surface area (Å²) in [5, 5.41) is 7.03. The Morgan fingerprint density at radius 1 is 1.11 bits per heavy atom. The third-order valence-electron chi connectivity index (χ3n) is 3.60. The van der Waals surface area contributed by atoms with E-state index in [0.29, 0.717) is 13.2 Å². The molecular weight excluding hydrogens is 426 g/mol. The zero-order chi connectivity index (χ0) is 19.1. The number of anilines is 1. The second-order valence-corrected chi connectivity index (χ2v) is 7.25. The van der Waals surface area contributed by atoms with E-state index in [0.717, 1.165) is 37.9 Å². The Bertz CT molecular complexity index is 910. The quantitative estimate of drug-likeness (QED) is 0.350. The Morgan fingerprint density at radius 2 is 1.89 bits per heavy atom. The Balaban J connectivity index is 1.69. The topological polar surface area (TPSA) is 55.7 Å². The number of hydrazone groups is 1. The maximum absolute atomic E-state index is 5.68. The van der Waals surface area contributed by atoms with Crippen LogP contribution in [0.4, 0.5) is 5.13 Å². The highest BCUT2D eigenvalue weighted by atomic mass is 79.9. The van der Waals surface area contributed by atoms with Crippen molar-refractivity contribution in [1.82, 2.24) is 4.98 Å². The van der Waals surface area contributed by atoms with Gasteiger partial charge in [-0.2, -0.15) is 5.10 Å². The molecule has 1 aromatic heterocycles. The molecule has 0 saturated carbocycles. The molecular formula is C20H20BrN3O2S. The van der Waals surface area contributed by atoms with Crippen LogP contribution in [-0.4, -0.2) is 24.4 Å². The molecule has 0 radical (unpaired) electrons. The fourth-order valence-corrected chi connectivity index (χ4v) is 3.33. The molecule has 0 atom stereocenters. The lowest BCUT2D eigenvalue weighted by atomic mass is 10.2. The first kappa shape index (κ1) is 19.4. The molecule has 5 nitrogen and oxygen atoms in total. The van der Waals surface area contributed by atoms with E-state index < -0.39 is 0 Å². The molecule has 0 aliphatic carbocycles. The van der Waals surface area contributed by atoms with Crippen molar-refractivity contribution in [3.63, 3.8) is 0 Å². The monoisotopic (exact) mass is 445 g/mol. The number of nitrogens with one attached hydrogen (secondary N) is 1. The Kier molecular flexibility index (Phi) is 6.84. The van der Waals surface area contributed by atoms with E-state index in [1.165, 1.54) is 11.3 Å². The molecule has 7 heteroatoms. The maximum atomic E-state index is 5.68. The van der Waals surface area contributed by atoms with Crippen LogP contribution in [0.3, 0.4) is 0 Å². The van der Waals surface area contributed by atoms with Gasteiger partial charge in [0.15, 0.2) is 0 Å². The number of ether oxygens (including phenoxy) is 2. The van der Waals surface area contributed by atoms with Crippen molar-refractivity contribution >= 4 is 38.6 Å². The summed E-state index contributed by atoms with van der Waals surface area (Å²) in [5.41, 5.74) is 5.84. The minimum Gasteiger partial charge on any atom is -0.494 e. The maximum Gasteiger partial charge on any atom is 0.203 e. The summed E-state index contributed by atoms with van der Waals surface area (Å²) in [6, 6.07) is 13.8. The standard InChI is InChI=1S/C20H20BrN3O2S/c1-3-25-17-10-7-15(19(11-17)26-4-2)12-22-24-20-23-18(13-27-20)14-5-8-16(21)9-6-14/h5-13H,3-4H2,1-2H3,(H,23,24)/b22-12-. The number of rotatable bonds is 8. The normalized spacial score (nSPS) is 10.9. The number of hydrogen-bond donors (Lipinski definition) is 1. The van der Waals surface area contributed by atoms with E-state index in [2.05, 4.69) is 31.4 Å². The van der Waals surface area contributed by atoms with Gasteiger partial charge in [0.25, 0.3) is 0 Å². The second-order valence-electron chi connectivity index (χ2n) is 5.48. The predicted octanol–water partition coefficient (Wildman–Crippen LogP) is 5.82. The van der Waals surface area contributed by atoms with Gasteiger partial charge < -0.3 is 9.47 Å². The van der Waals surface area contributed by atoms with Crippen molar-refractivity contribution in [3.8, 4) is 22.8 Å². The number of aromatic nitrogens is 1. The third-order valence-corrected chi connectivity index (χ3v) is 4.88. The van der Waals surface area contributed by atoms with Crippen molar-refractivity contribution in [2.24, 2.45) is 5.10 Å². The molecule has 2 aromatic carbocycles. The molecule has 0 saturated heterocycles. The highest BCUT2D eigenvalue weighted by Crippen LogP contribution is 2.27. The van der Waals surface area contributed by atoms with Crippen LogP contribution in [0, 0.1) is 0 Å². The Morgan fingerprint density at radius 3 is 2.63 bits per heavy atom. The molecule has 0 unspecified atom stereocenters. The fourth-order valence-electron chi connectivity index (χ4n) is 2.39. The lowest BCUT2D eigenvalue weighted by molar-refractivity contribution is 0.323. The second kappa shape index (κ2) is 9.53. The van der Waals surface area contributed by atoms with Crippen LogP contribution in [0.15, 0.2) is 57.4 Å². The van der Waals surface area contributed by atoms with Gasteiger partial charge in [-0.05, 0) is 38.1 Å². The van der Waals surface area contributed by atoms with Crippen molar-refractivity contribution in [3.05, 3.63) is 57.9 Å². The van der Waals surface area contributed by atoms with Gasteiger partial charge in [0, 0.05) is 27.0 Å². The highest BCUT2D eigenvalue weighted by molar-refractivity contribution is 9.10. The molecule has 0 aliphatic heterocycles. The van der Waals surface area contributed by atoms with Crippen molar-refractivity contribution < 1.29 is 9.47 Å². The molecule has 3 rings (SSSR count). The lowest BCUT2D eigenvalue weighted by Gasteiger charge is -2.09. The average molecular weight is 446 g/mol. The molecule has 0 spiro atoms. The van der Waals surface area contributed by atoms with E-state index in [1.807, 2.05) is 61.7 Å². The van der Waals surface area contributed by atoms with Gasteiger partial charge in [-0.1, -0.05) is 28.1 Å². The number of benzene rings is 2. The highest BCUT2D eigenvalue weighted by Gasteiger charge is 2.06. The van der Waals surface area contributed by atoms with Crippen LogP contribution in [0.2, 0.25) is 0 Å². The number of nitrogens with zero attached hydrogens (tertiary/aromatic N) is 2. The first-order valence-corrected chi connectivity index (χ1v) is 10.3. The number of halogens is 1. The summed E-state index contributed by atoms with van der Waals surface area (Å²) in [7, 11) is 0. The molecule has 0 aliphatic rings. The van der Waals surface area contributed by atoms with E-state index in [4.69, 9.17) is 9.47 Å². The smallest absolute Gasteiger partial charge is 0.203 e. The van der Waals surface area contributed by atoms with Crippen LogP contribution >= 0.6 is 27.3 Å². The van der Waals surface area contributed by atoms with Gasteiger partial charge in [-0.15, -0.1) is 11.3 Å². The van der Waals surface area contributed by atoms with Crippen LogP contribution in [0.25, 0.3) is 11.3 Å². The fraction of sp³-hybridized carbons (Fsp3) is 0.200. The number of thiazole rings is 1. The summed E-state index contributed by atoms with van der Waals surface area (Å²) in [4.78, 5) is 4.57. The average Bonchev–Trinajstić information content (AvgIpc) is 3.13. The van der Waals surface area contributed by atoms with Gasteiger partial charge >= 0.3 is 0 Å². The molecule has 27 heavy (non-hydrogen) atoms. The zero-order valence-corrected chi connectivity index (χ0v) is 17.5. The molecule has 0 bridgehead atoms. The molecule has 1 heterocycles. The van der Waals surface area contributed by atoms with E-state index >= 15 is 0 Å². The van der Waals surface area contributed by atoms with Gasteiger partial charge in [-0.25, -0.2) is 4.98 Å². The number of hydrogen-bond acceptors (Lipinski definition) is 6. The SMILES string of the molecule is CCOc1ccc(/C=N\Nc2nc(-c3ccc(Br)cc3)cs2)c(OCC)c1. The van der Waals surface area contributed by atoms with E-state index in [1.54, 1.807) is 6.21 Å². The molecule has 3 aromatic rings. The Hall–Kier alpha value is -2.38. The summed E-state index contributed by atoms with van der Waals surface area (Å²) in [6.45, 7) is 5.10. The zero-order valence-electron chi connectivity index (χ0n) is 15.1. The molecule has 0 fully saturated rings. The van der Waals surface area contributed by atoms with Crippen LogP contribution in [0.1, 0.15) is 19.4 Å². The van der Waals surface area contributed by atoms with Gasteiger partial charge in [-0.3, -0.25) is 5.43 Å². The minimum absolute atomic E-state index is 0.576. The summed E-state index contributed by atoms with van der Waals surface area (Å²) >= 11 is 4.95. The van der Waals surface area contributed by atoms with Crippen molar-refractivity contribution in [1.29, 1.82) is 0 Å². The van der Waals surface area contributed by atoms with Gasteiger partial charge in [0.05, 0.1) is 25.1 Å². The molecule has 140 valence electrons. The lowest BCUT2D eigenvalue weighted by Crippen LogP contribution is -1.99. The van der Waals surface area contributed by atoms with Crippen LogP contribution in [-0.2, 0) is 0 Å². The van der Waals surface area contributed by atoms with Gasteiger partial charge in [0.1, 0.15) is 11.5 Å².